The van der Waals surface area contributed by atoms with Crippen LogP contribution in [0.3, 0.4) is 0 Å². The molecule has 1 aromatic heterocycles. The van der Waals surface area contributed by atoms with E-state index in [9.17, 15) is 4.39 Å². The Morgan fingerprint density at radius 3 is 2.67 bits per heavy atom. The van der Waals surface area contributed by atoms with Crippen molar-refractivity contribution in [2.75, 3.05) is 38.2 Å². The van der Waals surface area contributed by atoms with Crippen LogP contribution in [0.15, 0.2) is 41.4 Å². The lowest BCUT2D eigenvalue weighted by atomic mass is 10.0. The number of nitrogens with one attached hydrogen (secondary N) is 1. The number of aromatic nitrogens is 2. The fourth-order valence-electron chi connectivity index (χ4n) is 6.06. The maximum absolute atomic E-state index is 13.9. The number of hydrogen-bond donors (Lipinski definition) is 1. The second-order valence-electron chi connectivity index (χ2n) is 10.7. The summed E-state index contributed by atoms with van der Waals surface area (Å²) in [7, 11) is 1.91. The molecule has 3 aliphatic heterocycles. The summed E-state index contributed by atoms with van der Waals surface area (Å²) in [6, 6.07) is 13.0. The number of anilines is 1. The summed E-state index contributed by atoms with van der Waals surface area (Å²) >= 11 is 6.53. The summed E-state index contributed by atoms with van der Waals surface area (Å²) in [6.45, 7) is 2.81. The number of likely N-dealkylation sites (N-methyl/N-ethyl adjacent to an activating group) is 1. The van der Waals surface area contributed by atoms with Gasteiger partial charge in [0.1, 0.15) is 24.3 Å². The average molecular weight is 547 g/mol. The average Bonchev–Trinajstić information content (AvgIpc) is 3.45. The van der Waals surface area contributed by atoms with E-state index in [1.54, 1.807) is 6.21 Å². The molecule has 4 heterocycles. The van der Waals surface area contributed by atoms with Crippen LogP contribution >= 0.6 is 11.6 Å². The molecule has 0 saturated carbocycles. The molecule has 2 unspecified atom stereocenters. The van der Waals surface area contributed by atoms with Gasteiger partial charge in [-0.15, -0.1) is 6.42 Å². The quantitative estimate of drug-likeness (QED) is 0.353. The first kappa shape index (κ1) is 26.0. The fourth-order valence-corrected chi connectivity index (χ4v) is 6.36. The van der Waals surface area contributed by atoms with Gasteiger partial charge in [-0.25, -0.2) is 4.39 Å². The van der Waals surface area contributed by atoms with E-state index in [2.05, 4.69) is 21.1 Å². The van der Waals surface area contributed by atoms with Crippen LogP contribution in [0, 0.1) is 12.3 Å². The van der Waals surface area contributed by atoms with E-state index in [4.69, 9.17) is 32.7 Å². The number of ether oxygens (including phenoxy) is 1. The maximum atomic E-state index is 13.9. The smallest absolute Gasteiger partial charge is 0.319 e. The van der Waals surface area contributed by atoms with Gasteiger partial charge < -0.3 is 15.0 Å². The van der Waals surface area contributed by atoms with Crippen molar-refractivity contribution in [3.63, 3.8) is 0 Å². The summed E-state index contributed by atoms with van der Waals surface area (Å²) < 4.78 is 19.9. The van der Waals surface area contributed by atoms with Crippen molar-refractivity contribution < 1.29 is 9.13 Å². The normalized spacial score (nSPS) is 25.0. The van der Waals surface area contributed by atoms with Crippen LogP contribution in [-0.4, -0.2) is 78.7 Å². The summed E-state index contributed by atoms with van der Waals surface area (Å²) in [4.78, 5) is 18.4. The number of terminal acetylenes is 1. The molecule has 39 heavy (non-hydrogen) atoms. The number of aliphatic imine (C=N–C) groups is 1. The number of benzene rings is 2. The molecule has 202 valence electrons. The number of nitrogens with zero attached hydrogens (tertiary/aromatic N) is 5. The van der Waals surface area contributed by atoms with Gasteiger partial charge in [-0.1, -0.05) is 41.9 Å². The summed E-state index contributed by atoms with van der Waals surface area (Å²) in [5.41, 5.74) is 2.18. The van der Waals surface area contributed by atoms with Crippen molar-refractivity contribution >= 4 is 34.4 Å². The van der Waals surface area contributed by atoms with Gasteiger partial charge in [-0.05, 0) is 49.2 Å². The van der Waals surface area contributed by atoms with Crippen LogP contribution < -0.4 is 15.0 Å². The third-order valence-corrected chi connectivity index (χ3v) is 8.34. The lowest BCUT2D eigenvalue weighted by Crippen LogP contribution is -2.51. The SMILES string of the molecule is C#Cc1nc(OC[C@@H]2C[C@@H](F)CN2C)nc(N2CC3CCC(C2)N3)c1/C=N\Cc1cccc2cccc(Cl)c12. The highest BCUT2D eigenvalue weighted by molar-refractivity contribution is 6.35. The van der Waals surface area contributed by atoms with E-state index in [0.717, 1.165) is 48.1 Å². The largest absolute Gasteiger partial charge is 0.462 e. The maximum Gasteiger partial charge on any atom is 0.319 e. The van der Waals surface area contributed by atoms with Crippen molar-refractivity contribution in [2.24, 2.45) is 4.99 Å². The zero-order chi connectivity index (χ0) is 26.9. The summed E-state index contributed by atoms with van der Waals surface area (Å²) in [5, 5.41) is 6.45. The van der Waals surface area contributed by atoms with Gasteiger partial charge in [0.2, 0.25) is 0 Å². The molecule has 3 saturated heterocycles. The third-order valence-electron chi connectivity index (χ3n) is 8.02. The molecular formula is C30H32ClFN6O. The Morgan fingerprint density at radius 2 is 1.95 bits per heavy atom. The van der Waals surface area contributed by atoms with Crippen LogP contribution in [-0.2, 0) is 6.54 Å². The second-order valence-corrected chi connectivity index (χ2v) is 11.1. The highest BCUT2D eigenvalue weighted by Gasteiger charge is 2.35. The van der Waals surface area contributed by atoms with E-state index in [0.29, 0.717) is 54.5 Å². The summed E-state index contributed by atoms with van der Waals surface area (Å²) in [5.74, 6) is 3.46. The Labute approximate surface area is 233 Å². The number of piperazine rings is 1. The van der Waals surface area contributed by atoms with Crippen LogP contribution in [0.2, 0.25) is 5.02 Å². The molecular weight excluding hydrogens is 515 g/mol. The Hall–Kier alpha value is -3.25. The van der Waals surface area contributed by atoms with Gasteiger partial charge in [0.05, 0.1) is 12.1 Å². The van der Waals surface area contributed by atoms with Crippen LogP contribution in [0.25, 0.3) is 10.8 Å². The first-order valence-electron chi connectivity index (χ1n) is 13.5. The summed E-state index contributed by atoms with van der Waals surface area (Å²) in [6.07, 6.45) is 9.62. The van der Waals surface area contributed by atoms with Gasteiger partial charge in [0.25, 0.3) is 0 Å². The van der Waals surface area contributed by atoms with Gasteiger partial charge in [0, 0.05) is 54.4 Å². The van der Waals surface area contributed by atoms with Crippen molar-refractivity contribution in [1.82, 2.24) is 20.2 Å². The predicted octanol–water partition coefficient (Wildman–Crippen LogP) is 4.25. The van der Waals surface area contributed by atoms with Crippen molar-refractivity contribution in [3.8, 4) is 18.4 Å². The van der Waals surface area contributed by atoms with Gasteiger partial charge in [-0.2, -0.15) is 9.97 Å². The molecule has 3 aliphatic rings. The van der Waals surface area contributed by atoms with Crippen molar-refractivity contribution in [3.05, 3.63) is 58.2 Å². The molecule has 2 aromatic carbocycles. The Balaban J connectivity index is 1.31. The van der Waals surface area contributed by atoms with E-state index >= 15 is 0 Å². The Morgan fingerprint density at radius 1 is 1.18 bits per heavy atom. The highest BCUT2D eigenvalue weighted by Crippen LogP contribution is 2.30. The molecule has 9 heteroatoms. The monoisotopic (exact) mass is 546 g/mol. The van der Waals surface area contributed by atoms with Crippen molar-refractivity contribution in [1.29, 1.82) is 0 Å². The molecule has 0 aliphatic carbocycles. The van der Waals surface area contributed by atoms with Gasteiger partial charge >= 0.3 is 6.01 Å². The van der Waals surface area contributed by atoms with Crippen molar-refractivity contribution in [2.45, 2.75) is 50.1 Å². The van der Waals surface area contributed by atoms with E-state index < -0.39 is 6.17 Å². The topological polar surface area (TPSA) is 65.9 Å². The minimum absolute atomic E-state index is 0.0230. The second kappa shape index (κ2) is 11.1. The van der Waals surface area contributed by atoms with E-state index in [-0.39, 0.29) is 12.1 Å². The number of rotatable bonds is 7. The molecule has 3 aromatic rings. The molecule has 1 N–H and O–H groups in total. The number of likely N-dealkylation sites (tertiary alicyclic amines) is 1. The molecule has 3 fully saturated rings. The van der Waals surface area contributed by atoms with Crippen LogP contribution in [0.1, 0.15) is 36.1 Å². The highest BCUT2D eigenvalue weighted by atomic mass is 35.5. The Bertz CT molecular complexity index is 1420. The molecule has 0 spiro atoms. The molecule has 4 atom stereocenters. The molecule has 6 rings (SSSR count). The lowest BCUT2D eigenvalue weighted by Gasteiger charge is -2.34. The molecule has 7 nitrogen and oxygen atoms in total. The third kappa shape index (κ3) is 5.44. The van der Waals surface area contributed by atoms with E-state index in [1.165, 1.54) is 0 Å². The fraction of sp³-hybridized carbons (Fsp3) is 0.433. The van der Waals surface area contributed by atoms with Gasteiger partial charge in [-0.3, -0.25) is 9.89 Å². The standard InChI is InChI=1S/C30H32ClFN6O/c1-3-27-25(14-33-13-20-8-4-6-19-7-5-9-26(31)28(19)20)29(38-16-22-10-11-23(17-38)34-22)36-30(35-27)39-18-24-12-21(32)15-37(24)2/h1,4-9,14,21-24,34H,10-13,15-18H2,2H3/b33-14-/t21-,22?,23?,24+/m1/s1. The zero-order valence-corrected chi connectivity index (χ0v) is 22.7. The number of fused-ring (bicyclic) bond motifs is 3. The molecule has 0 radical (unpaired) electrons. The first-order valence-corrected chi connectivity index (χ1v) is 13.9. The minimum atomic E-state index is -0.840. The number of halogens is 2. The number of hydrogen-bond acceptors (Lipinski definition) is 7. The van der Waals surface area contributed by atoms with Crippen LogP contribution in [0.5, 0.6) is 6.01 Å². The molecule has 2 bridgehead atoms. The predicted molar refractivity (Wildman–Crippen MR) is 154 cm³/mol. The van der Waals surface area contributed by atoms with Gasteiger partial charge in [0.15, 0.2) is 0 Å². The van der Waals surface area contributed by atoms with Crippen LogP contribution in [0.4, 0.5) is 10.2 Å². The first-order chi connectivity index (χ1) is 19.0. The minimum Gasteiger partial charge on any atom is -0.462 e. The molecule has 0 amide bonds. The Kier molecular flexibility index (Phi) is 7.39. The zero-order valence-electron chi connectivity index (χ0n) is 22.0. The lowest BCUT2D eigenvalue weighted by molar-refractivity contribution is 0.187. The number of alkyl halides is 1. The van der Waals surface area contributed by atoms with E-state index in [1.807, 2.05) is 48.3 Å².